The fourth-order valence-electron chi connectivity index (χ4n) is 2.40. The van der Waals surface area contributed by atoms with Crippen LogP contribution < -0.4 is 5.73 Å². The zero-order valence-corrected chi connectivity index (χ0v) is 8.00. The van der Waals surface area contributed by atoms with Crippen molar-refractivity contribution in [3.05, 3.63) is 0 Å². The number of hydrogen-bond donors (Lipinski definition) is 1. The molecule has 0 saturated heterocycles. The summed E-state index contributed by atoms with van der Waals surface area (Å²) < 4.78 is 0. The molecule has 2 aliphatic carbocycles. The van der Waals surface area contributed by atoms with E-state index in [1.165, 1.54) is 38.5 Å². The molecular formula is C10H20N2. The topological polar surface area (TPSA) is 29.3 Å². The molecule has 0 amide bonds. The Balaban J connectivity index is 1.90. The molecule has 2 fully saturated rings. The molecule has 0 aromatic heterocycles. The van der Waals surface area contributed by atoms with E-state index < -0.39 is 0 Å². The molecule has 0 aromatic rings. The fourth-order valence-corrected chi connectivity index (χ4v) is 2.40. The standard InChI is InChI=1S/C10H20N2/c1-12(8-6-7-8)10-5-3-2-4-9(10)11/h8-10H,2-7,11H2,1H3. The minimum absolute atomic E-state index is 0.448. The molecule has 2 N–H and O–H groups in total. The Morgan fingerprint density at radius 2 is 1.75 bits per heavy atom. The zero-order valence-electron chi connectivity index (χ0n) is 8.00. The van der Waals surface area contributed by atoms with Crippen LogP contribution in [0.5, 0.6) is 0 Å². The van der Waals surface area contributed by atoms with E-state index in [4.69, 9.17) is 5.73 Å². The van der Waals surface area contributed by atoms with Gasteiger partial charge in [-0.15, -0.1) is 0 Å². The van der Waals surface area contributed by atoms with Gasteiger partial charge in [-0.3, -0.25) is 4.90 Å². The molecule has 12 heavy (non-hydrogen) atoms. The number of hydrogen-bond acceptors (Lipinski definition) is 2. The molecule has 2 nitrogen and oxygen atoms in total. The van der Waals surface area contributed by atoms with Crippen LogP contribution in [0, 0.1) is 0 Å². The lowest BCUT2D eigenvalue weighted by Gasteiger charge is -2.36. The van der Waals surface area contributed by atoms with Gasteiger partial charge in [-0.1, -0.05) is 12.8 Å². The quantitative estimate of drug-likeness (QED) is 0.674. The lowest BCUT2D eigenvalue weighted by atomic mass is 9.90. The molecule has 2 saturated carbocycles. The van der Waals surface area contributed by atoms with Crippen LogP contribution in [0.2, 0.25) is 0 Å². The van der Waals surface area contributed by atoms with Crippen molar-refractivity contribution in [3.8, 4) is 0 Å². The van der Waals surface area contributed by atoms with Gasteiger partial charge in [0, 0.05) is 18.1 Å². The van der Waals surface area contributed by atoms with Crippen LogP contribution in [0.15, 0.2) is 0 Å². The number of likely N-dealkylation sites (N-methyl/N-ethyl adjacent to an activating group) is 1. The van der Waals surface area contributed by atoms with Gasteiger partial charge in [-0.05, 0) is 32.7 Å². The van der Waals surface area contributed by atoms with Crippen LogP contribution in [0.4, 0.5) is 0 Å². The molecule has 0 aliphatic heterocycles. The predicted octanol–water partition coefficient (Wildman–Crippen LogP) is 1.35. The average molecular weight is 168 g/mol. The van der Waals surface area contributed by atoms with Gasteiger partial charge in [-0.25, -0.2) is 0 Å². The molecule has 0 bridgehead atoms. The lowest BCUT2D eigenvalue weighted by molar-refractivity contribution is 0.161. The largest absolute Gasteiger partial charge is 0.326 e. The second-order valence-corrected chi connectivity index (χ2v) is 4.41. The molecule has 0 heterocycles. The highest BCUT2D eigenvalue weighted by Crippen LogP contribution is 2.31. The van der Waals surface area contributed by atoms with Gasteiger partial charge >= 0.3 is 0 Å². The third kappa shape index (κ3) is 1.64. The SMILES string of the molecule is CN(C1CC1)C1CCCCC1N. The Morgan fingerprint density at radius 3 is 2.33 bits per heavy atom. The Bertz CT molecular complexity index is 154. The van der Waals surface area contributed by atoms with Gasteiger partial charge in [-0.2, -0.15) is 0 Å². The van der Waals surface area contributed by atoms with Crippen molar-refractivity contribution in [1.29, 1.82) is 0 Å². The fraction of sp³-hybridized carbons (Fsp3) is 1.00. The Kier molecular flexibility index (Phi) is 2.37. The molecule has 2 unspecified atom stereocenters. The van der Waals surface area contributed by atoms with E-state index in [9.17, 15) is 0 Å². The van der Waals surface area contributed by atoms with Gasteiger partial charge in [0.15, 0.2) is 0 Å². The molecule has 2 aliphatic rings. The van der Waals surface area contributed by atoms with E-state index in [0.29, 0.717) is 12.1 Å². The summed E-state index contributed by atoms with van der Waals surface area (Å²) in [7, 11) is 2.26. The summed E-state index contributed by atoms with van der Waals surface area (Å²) >= 11 is 0. The minimum atomic E-state index is 0.448. The monoisotopic (exact) mass is 168 g/mol. The molecule has 2 rings (SSSR count). The van der Waals surface area contributed by atoms with Gasteiger partial charge in [0.25, 0.3) is 0 Å². The second kappa shape index (κ2) is 3.35. The van der Waals surface area contributed by atoms with Gasteiger partial charge in [0.1, 0.15) is 0 Å². The lowest BCUT2D eigenvalue weighted by Crippen LogP contribution is -2.48. The van der Waals surface area contributed by atoms with E-state index in [2.05, 4.69) is 11.9 Å². The first kappa shape index (κ1) is 8.52. The molecule has 0 radical (unpaired) electrons. The van der Waals surface area contributed by atoms with Crippen LogP contribution in [0.25, 0.3) is 0 Å². The van der Waals surface area contributed by atoms with Crippen molar-refractivity contribution in [3.63, 3.8) is 0 Å². The first-order valence-corrected chi connectivity index (χ1v) is 5.26. The molecule has 0 aromatic carbocycles. The number of nitrogens with zero attached hydrogens (tertiary/aromatic N) is 1. The molecule has 2 heteroatoms. The van der Waals surface area contributed by atoms with Crippen LogP contribution in [0.3, 0.4) is 0 Å². The van der Waals surface area contributed by atoms with Gasteiger partial charge in [0.2, 0.25) is 0 Å². The maximum atomic E-state index is 6.10. The van der Waals surface area contributed by atoms with E-state index in [1.807, 2.05) is 0 Å². The molecule has 70 valence electrons. The van der Waals surface area contributed by atoms with E-state index >= 15 is 0 Å². The smallest absolute Gasteiger partial charge is 0.0247 e. The summed E-state index contributed by atoms with van der Waals surface area (Å²) in [4.78, 5) is 2.53. The first-order chi connectivity index (χ1) is 5.79. The average Bonchev–Trinajstić information content (AvgIpc) is 2.86. The van der Waals surface area contributed by atoms with Crippen molar-refractivity contribution < 1.29 is 0 Å². The van der Waals surface area contributed by atoms with Crippen LogP contribution in [-0.2, 0) is 0 Å². The zero-order chi connectivity index (χ0) is 8.55. The summed E-state index contributed by atoms with van der Waals surface area (Å²) in [5, 5.41) is 0. The van der Waals surface area contributed by atoms with Gasteiger partial charge in [0.05, 0.1) is 0 Å². The third-order valence-electron chi connectivity index (χ3n) is 3.43. The Hall–Kier alpha value is -0.0800. The number of nitrogens with two attached hydrogens (primary N) is 1. The first-order valence-electron chi connectivity index (χ1n) is 5.26. The van der Waals surface area contributed by atoms with Crippen molar-refractivity contribution in [2.45, 2.75) is 56.7 Å². The van der Waals surface area contributed by atoms with Crippen molar-refractivity contribution in [2.24, 2.45) is 5.73 Å². The highest BCUT2D eigenvalue weighted by atomic mass is 15.2. The highest BCUT2D eigenvalue weighted by molar-refractivity contribution is 4.92. The Labute approximate surface area is 75.1 Å². The van der Waals surface area contributed by atoms with E-state index in [-0.39, 0.29) is 0 Å². The van der Waals surface area contributed by atoms with E-state index in [0.717, 1.165) is 6.04 Å². The number of rotatable bonds is 2. The maximum absolute atomic E-state index is 6.10. The van der Waals surface area contributed by atoms with Crippen LogP contribution >= 0.6 is 0 Å². The summed E-state index contributed by atoms with van der Waals surface area (Å²) in [5.74, 6) is 0. The van der Waals surface area contributed by atoms with Crippen LogP contribution in [0.1, 0.15) is 38.5 Å². The summed E-state index contributed by atoms with van der Waals surface area (Å²) in [6, 6.07) is 2.01. The Morgan fingerprint density at radius 1 is 1.08 bits per heavy atom. The minimum Gasteiger partial charge on any atom is -0.326 e. The summed E-state index contributed by atoms with van der Waals surface area (Å²) in [6.45, 7) is 0. The molecule has 2 atom stereocenters. The van der Waals surface area contributed by atoms with Gasteiger partial charge < -0.3 is 5.73 Å². The molecule has 0 spiro atoms. The van der Waals surface area contributed by atoms with Crippen LogP contribution in [-0.4, -0.2) is 30.1 Å². The predicted molar refractivity (Wildman–Crippen MR) is 51.0 cm³/mol. The second-order valence-electron chi connectivity index (χ2n) is 4.41. The van der Waals surface area contributed by atoms with Crippen molar-refractivity contribution in [2.75, 3.05) is 7.05 Å². The normalized spacial score (nSPS) is 37.2. The molecular weight excluding hydrogens is 148 g/mol. The summed E-state index contributed by atoms with van der Waals surface area (Å²) in [5.41, 5.74) is 6.10. The van der Waals surface area contributed by atoms with Crippen molar-refractivity contribution in [1.82, 2.24) is 4.90 Å². The third-order valence-corrected chi connectivity index (χ3v) is 3.43. The van der Waals surface area contributed by atoms with E-state index in [1.54, 1.807) is 0 Å². The summed E-state index contributed by atoms with van der Waals surface area (Å²) in [6.07, 6.45) is 8.10. The maximum Gasteiger partial charge on any atom is 0.0247 e. The highest BCUT2D eigenvalue weighted by Gasteiger charge is 2.34. The van der Waals surface area contributed by atoms with Crippen molar-refractivity contribution >= 4 is 0 Å².